The van der Waals surface area contributed by atoms with Crippen molar-refractivity contribution in [1.82, 2.24) is 4.90 Å². The Morgan fingerprint density at radius 3 is 2.60 bits per heavy atom. The monoisotopic (exact) mass is 287 g/mol. The molecular formula is C14H16F3NO2. The molecule has 0 aromatic heterocycles. The fraction of sp³-hybridized carbons (Fsp3) is 0.500. The van der Waals surface area contributed by atoms with Crippen molar-refractivity contribution in [2.24, 2.45) is 0 Å². The first kappa shape index (κ1) is 14.7. The number of rotatable bonds is 2. The van der Waals surface area contributed by atoms with Gasteiger partial charge in [0, 0.05) is 6.54 Å². The van der Waals surface area contributed by atoms with E-state index in [9.17, 15) is 18.0 Å². The van der Waals surface area contributed by atoms with Crippen molar-refractivity contribution in [2.75, 3.05) is 6.54 Å². The summed E-state index contributed by atoms with van der Waals surface area (Å²) in [5.74, 6) is 0. The summed E-state index contributed by atoms with van der Waals surface area (Å²) in [4.78, 5) is 12.6. The molecule has 0 aliphatic carbocycles. The highest BCUT2D eigenvalue weighted by Crippen LogP contribution is 2.32. The second-order valence-electron chi connectivity index (χ2n) is 4.79. The molecule has 0 radical (unpaired) electrons. The number of hydrogen-bond donors (Lipinski definition) is 0. The predicted molar refractivity (Wildman–Crippen MR) is 67.0 cm³/mol. The van der Waals surface area contributed by atoms with E-state index >= 15 is 0 Å². The first-order chi connectivity index (χ1) is 9.48. The van der Waals surface area contributed by atoms with Crippen LogP contribution in [0.4, 0.5) is 18.0 Å². The van der Waals surface area contributed by atoms with Crippen molar-refractivity contribution in [3.63, 3.8) is 0 Å². The number of alkyl halides is 3. The van der Waals surface area contributed by atoms with E-state index in [1.54, 1.807) is 24.3 Å². The number of hydrogen-bond acceptors (Lipinski definition) is 2. The molecule has 3 nitrogen and oxygen atoms in total. The molecule has 0 spiro atoms. The summed E-state index contributed by atoms with van der Waals surface area (Å²) < 4.78 is 43.6. The lowest BCUT2D eigenvalue weighted by atomic mass is 10.0. The molecule has 0 saturated carbocycles. The normalized spacial score (nSPS) is 19.8. The van der Waals surface area contributed by atoms with Crippen molar-refractivity contribution in [2.45, 2.75) is 38.1 Å². The van der Waals surface area contributed by atoms with Crippen molar-refractivity contribution in [3.05, 3.63) is 35.9 Å². The zero-order chi connectivity index (χ0) is 14.6. The molecule has 1 amide bonds. The van der Waals surface area contributed by atoms with E-state index in [-0.39, 0.29) is 19.6 Å². The topological polar surface area (TPSA) is 29.5 Å². The number of nitrogens with zero attached hydrogens (tertiary/aromatic N) is 1. The van der Waals surface area contributed by atoms with Gasteiger partial charge in [-0.3, -0.25) is 4.90 Å². The Bertz CT molecular complexity index is 447. The molecule has 2 rings (SSSR count). The van der Waals surface area contributed by atoms with Crippen LogP contribution < -0.4 is 0 Å². The van der Waals surface area contributed by atoms with Crippen LogP contribution in [0, 0.1) is 0 Å². The van der Waals surface area contributed by atoms with E-state index in [0.29, 0.717) is 12.8 Å². The van der Waals surface area contributed by atoms with Gasteiger partial charge in [-0.25, -0.2) is 4.79 Å². The molecule has 110 valence electrons. The van der Waals surface area contributed by atoms with Crippen LogP contribution in [-0.2, 0) is 11.3 Å². The summed E-state index contributed by atoms with van der Waals surface area (Å²) in [7, 11) is 0. The molecule has 1 aliphatic heterocycles. The van der Waals surface area contributed by atoms with Crippen LogP contribution in [0.25, 0.3) is 0 Å². The molecule has 1 aliphatic rings. The lowest BCUT2D eigenvalue weighted by Crippen LogP contribution is -2.51. The number of carbonyl (C=O) groups is 1. The van der Waals surface area contributed by atoms with E-state index < -0.39 is 18.3 Å². The van der Waals surface area contributed by atoms with Crippen molar-refractivity contribution < 1.29 is 22.7 Å². The van der Waals surface area contributed by atoms with Gasteiger partial charge in [-0.15, -0.1) is 0 Å². The Balaban J connectivity index is 1.96. The minimum atomic E-state index is -4.40. The van der Waals surface area contributed by atoms with Crippen LogP contribution in [0.2, 0.25) is 0 Å². The van der Waals surface area contributed by atoms with Gasteiger partial charge in [-0.2, -0.15) is 13.2 Å². The maximum atomic E-state index is 12.9. The van der Waals surface area contributed by atoms with Gasteiger partial charge in [0.05, 0.1) is 0 Å². The van der Waals surface area contributed by atoms with Gasteiger partial charge < -0.3 is 4.74 Å². The van der Waals surface area contributed by atoms with Crippen LogP contribution in [0.1, 0.15) is 24.8 Å². The average molecular weight is 287 g/mol. The zero-order valence-corrected chi connectivity index (χ0v) is 10.9. The van der Waals surface area contributed by atoms with Gasteiger partial charge in [0.2, 0.25) is 0 Å². The predicted octanol–water partition coefficient (Wildman–Crippen LogP) is 3.74. The molecule has 1 aromatic carbocycles. The minimum absolute atomic E-state index is 0.0131. The number of benzene rings is 1. The standard InChI is InChI=1S/C14H16F3NO2/c15-14(16,17)12-8-4-5-9-18(12)13(19)20-10-11-6-2-1-3-7-11/h1-3,6-7,12H,4-5,8-10H2/t12-/m0/s1. The Kier molecular flexibility index (Phi) is 4.52. The number of likely N-dealkylation sites (tertiary alicyclic amines) is 1. The number of halogens is 3. The highest BCUT2D eigenvalue weighted by atomic mass is 19.4. The van der Waals surface area contributed by atoms with Crippen molar-refractivity contribution in [3.8, 4) is 0 Å². The molecule has 6 heteroatoms. The number of ether oxygens (including phenoxy) is 1. The largest absolute Gasteiger partial charge is 0.445 e. The van der Waals surface area contributed by atoms with Crippen LogP contribution >= 0.6 is 0 Å². The maximum Gasteiger partial charge on any atom is 0.410 e. The van der Waals surface area contributed by atoms with Crippen molar-refractivity contribution >= 4 is 6.09 Å². The van der Waals surface area contributed by atoms with Crippen LogP contribution in [-0.4, -0.2) is 29.8 Å². The van der Waals surface area contributed by atoms with Crippen LogP contribution in [0.15, 0.2) is 30.3 Å². The SMILES string of the molecule is O=C(OCc1ccccc1)N1CCCC[C@H]1C(F)(F)F. The lowest BCUT2D eigenvalue weighted by Gasteiger charge is -2.35. The third kappa shape index (κ3) is 3.65. The smallest absolute Gasteiger partial charge is 0.410 e. The Hall–Kier alpha value is -1.72. The quantitative estimate of drug-likeness (QED) is 0.829. The van der Waals surface area contributed by atoms with Crippen molar-refractivity contribution in [1.29, 1.82) is 0 Å². The fourth-order valence-electron chi connectivity index (χ4n) is 2.29. The molecule has 0 N–H and O–H groups in total. The van der Waals surface area contributed by atoms with Gasteiger partial charge in [0.25, 0.3) is 0 Å². The molecule has 1 fully saturated rings. The van der Waals surface area contributed by atoms with E-state index in [2.05, 4.69) is 0 Å². The van der Waals surface area contributed by atoms with E-state index in [0.717, 1.165) is 10.5 Å². The average Bonchev–Trinajstić information content (AvgIpc) is 2.45. The van der Waals surface area contributed by atoms with E-state index in [4.69, 9.17) is 4.74 Å². The molecule has 0 bridgehead atoms. The van der Waals surface area contributed by atoms with Gasteiger partial charge >= 0.3 is 12.3 Å². The zero-order valence-electron chi connectivity index (χ0n) is 10.9. The number of carbonyl (C=O) groups excluding carboxylic acids is 1. The first-order valence-corrected chi connectivity index (χ1v) is 6.52. The maximum absolute atomic E-state index is 12.9. The second-order valence-corrected chi connectivity index (χ2v) is 4.79. The summed E-state index contributed by atoms with van der Waals surface area (Å²) in [5.41, 5.74) is 0.751. The molecular weight excluding hydrogens is 271 g/mol. The summed E-state index contributed by atoms with van der Waals surface area (Å²) in [6.45, 7) is 0.0819. The molecule has 0 unspecified atom stereocenters. The molecule has 1 aromatic rings. The van der Waals surface area contributed by atoms with E-state index in [1.807, 2.05) is 6.07 Å². The highest BCUT2D eigenvalue weighted by molar-refractivity contribution is 5.68. The molecule has 1 heterocycles. The highest BCUT2D eigenvalue weighted by Gasteiger charge is 2.46. The Labute approximate surface area is 115 Å². The fourth-order valence-corrected chi connectivity index (χ4v) is 2.29. The van der Waals surface area contributed by atoms with Gasteiger partial charge in [-0.1, -0.05) is 30.3 Å². The molecule has 1 saturated heterocycles. The second kappa shape index (κ2) is 6.15. The van der Waals surface area contributed by atoms with E-state index in [1.165, 1.54) is 0 Å². The summed E-state index contributed by atoms with van der Waals surface area (Å²) in [6.07, 6.45) is -4.29. The van der Waals surface area contributed by atoms with Gasteiger partial charge in [0.15, 0.2) is 0 Å². The summed E-state index contributed by atoms with van der Waals surface area (Å²) in [6, 6.07) is 7.16. The number of amides is 1. The third-order valence-electron chi connectivity index (χ3n) is 3.32. The van der Waals surface area contributed by atoms with Gasteiger partial charge in [-0.05, 0) is 24.8 Å². The first-order valence-electron chi connectivity index (χ1n) is 6.52. The molecule has 1 atom stereocenters. The summed E-state index contributed by atoms with van der Waals surface area (Å²) >= 11 is 0. The van der Waals surface area contributed by atoms with Crippen LogP contribution in [0.3, 0.4) is 0 Å². The molecule has 20 heavy (non-hydrogen) atoms. The Morgan fingerprint density at radius 1 is 1.25 bits per heavy atom. The Morgan fingerprint density at radius 2 is 1.95 bits per heavy atom. The summed E-state index contributed by atoms with van der Waals surface area (Å²) in [5, 5.41) is 0. The number of piperidine rings is 1. The third-order valence-corrected chi connectivity index (χ3v) is 3.32. The van der Waals surface area contributed by atoms with Gasteiger partial charge in [0.1, 0.15) is 12.6 Å². The van der Waals surface area contributed by atoms with Crippen LogP contribution in [0.5, 0.6) is 0 Å². The minimum Gasteiger partial charge on any atom is -0.445 e. The lowest BCUT2D eigenvalue weighted by molar-refractivity contribution is -0.185.